The van der Waals surface area contributed by atoms with Crippen LogP contribution >= 0.6 is 0 Å². The molecule has 0 radical (unpaired) electrons. The summed E-state index contributed by atoms with van der Waals surface area (Å²) in [6.07, 6.45) is -0.330. The molecule has 7 heteroatoms. The van der Waals surface area contributed by atoms with E-state index in [1.54, 1.807) is 30.3 Å². The topological polar surface area (TPSA) is 91.3 Å². The molecule has 0 unspecified atom stereocenters. The second-order valence-electron chi connectivity index (χ2n) is 7.26. The smallest absolute Gasteiger partial charge is 0.307 e. The average molecular weight is 450 g/mol. The van der Waals surface area contributed by atoms with Gasteiger partial charge in [0.25, 0.3) is 0 Å². The van der Waals surface area contributed by atoms with Crippen LogP contribution < -0.4 is 18.9 Å². The van der Waals surface area contributed by atoms with E-state index in [2.05, 4.69) is 0 Å². The first-order chi connectivity index (χ1) is 16.0. The minimum absolute atomic E-state index is 0.00253. The molecule has 0 atom stereocenters. The van der Waals surface area contributed by atoms with Crippen molar-refractivity contribution in [3.05, 3.63) is 82.9 Å². The van der Waals surface area contributed by atoms with Gasteiger partial charge in [0, 0.05) is 17.5 Å². The first-order valence-corrected chi connectivity index (χ1v) is 10.3. The van der Waals surface area contributed by atoms with E-state index in [0.29, 0.717) is 34.1 Å². The van der Waals surface area contributed by atoms with E-state index in [1.807, 2.05) is 30.3 Å². The fourth-order valence-corrected chi connectivity index (χ4v) is 3.54. The Morgan fingerprint density at radius 3 is 2.12 bits per heavy atom. The quantitative estimate of drug-likeness (QED) is 0.435. The third kappa shape index (κ3) is 5.83. The number of ether oxygens (including phenoxy) is 4. The molecule has 33 heavy (non-hydrogen) atoms. The fourth-order valence-electron chi connectivity index (χ4n) is 3.54. The number of carboxylic acids is 1. The van der Waals surface area contributed by atoms with Crippen molar-refractivity contribution in [2.24, 2.45) is 0 Å². The highest BCUT2D eigenvalue weighted by molar-refractivity contribution is 6.00. The van der Waals surface area contributed by atoms with Gasteiger partial charge >= 0.3 is 5.97 Å². The highest BCUT2D eigenvalue weighted by Gasteiger charge is 2.21. The van der Waals surface area contributed by atoms with Crippen LogP contribution in [0.4, 0.5) is 0 Å². The molecule has 7 nitrogen and oxygen atoms in total. The van der Waals surface area contributed by atoms with Gasteiger partial charge in [0.2, 0.25) is 0 Å². The van der Waals surface area contributed by atoms with Crippen LogP contribution in [-0.4, -0.2) is 38.2 Å². The summed E-state index contributed by atoms with van der Waals surface area (Å²) < 4.78 is 22.1. The number of methoxy groups -OCH3 is 3. The van der Waals surface area contributed by atoms with E-state index in [9.17, 15) is 14.7 Å². The van der Waals surface area contributed by atoms with Crippen LogP contribution in [0.1, 0.15) is 27.0 Å². The maximum Gasteiger partial charge on any atom is 0.307 e. The molecule has 0 aliphatic rings. The Bertz CT molecular complexity index is 1120. The molecule has 0 heterocycles. The monoisotopic (exact) mass is 450 g/mol. The number of Topliss-reactive ketones (excluding diaryl/α,β-unsaturated/α-hetero) is 1. The molecule has 1 N–H and O–H groups in total. The Morgan fingerprint density at radius 1 is 0.758 bits per heavy atom. The van der Waals surface area contributed by atoms with Gasteiger partial charge in [-0.2, -0.15) is 0 Å². The van der Waals surface area contributed by atoms with Crippen molar-refractivity contribution < 1.29 is 33.6 Å². The predicted octanol–water partition coefficient (Wildman–Crippen LogP) is 4.34. The zero-order chi connectivity index (χ0) is 23.8. The zero-order valence-corrected chi connectivity index (χ0v) is 18.8. The van der Waals surface area contributed by atoms with Crippen molar-refractivity contribution in [1.29, 1.82) is 0 Å². The lowest BCUT2D eigenvalue weighted by Crippen LogP contribution is -2.12. The second kappa shape index (κ2) is 11.0. The number of hydrogen-bond donors (Lipinski definition) is 1. The van der Waals surface area contributed by atoms with Gasteiger partial charge in [-0.25, -0.2) is 0 Å². The van der Waals surface area contributed by atoms with Crippen molar-refractivity contribution in [2.45, 2.75) is 19.4 Å². The molecule has 3 aromatic rings. The molecule has 0 aromatic heterocycles. The average Bonchev–Trinajstić information content (AvgIpc) is 2.82. The minimum atomic E-state index is -1.05. The van der Waals surface area contributed by atoms with Crippen molar-refractivity contribution in [3.8, 4) is 23.0 Å². The first-order valence-electron chi connectivity index (χ1n) is 10.3. The predicted molar refractivity (Wildman–Crippen MR) is 123 cm³/mol. The van der Waals surface area contributed by atoms with Crippen LogP contribution in [0.3, 0.4) is 0 Å². The molecular formula is C26H26O7. The summed E-state index contributed by atoms with van der Waals surface area (Å²) in [5.74, 6) is 0.361. The molecule has 172 valence electrons. The summed E-state index contributed by atoms with van der Waals surface area (Å²) in [6, 6.07) is 17.9. The highest BCUT2D eigenvalue weighted by atomic mass is 16.5. The zero-order valence-electron chi connectivity index (χ0n) is 18.8. The van der Waals surface area contributed by atoms with Crippen LogP contribution in [0.5, 0.6) is 23.0 Å². The normalized spacial score (nSPS) is 10.4. The molecule has 0 amide bonds. The summed E-state index contributed by atoms with van der Waals surface area (Å²) in [5, 5.41) is 9.38. The van der Waals surface area contributed by atoms with Gasteiger partial charge in [0.05, 0.1) is 27.8 Å². The van der Waals surface area contributed by atoms with Gasteiger partial charge in [-0.15, -0.1) is 0 Å². The minimum Gasteiger partial charge on any atom is -0.493 e. The fraction of sp³-hybridized carbons (Fsp3) is 0.231. The number of carbonyl (C=O) groups is 2. The molecule has 0 spiro atoms. The Hall–Kier alpha value is -4.00. The largest absolute Gasteiger partial charge is 0.493 e. The second-order valence-corrected chi connectivity index (χ2v) is 7.26. The number of carbonyl (C=O) groups excluding carboxylic acids is 1. The van der Waals surface area contributed by atoms with Crippen LogP contribution in [0.15, 0.2) is 60.7 Å². The lowest BCUT2D eigenvalue weighted by Gasteiger charge is -2.16. The van der Waals surface area contributed by atoms with Crippen molar-refractivity contribution in [3.63, 3.8) is 0 Å². The highest BCUT2D eigenvalue weighted by Crippen LogP contribution is 2.35. The third-order valence-electron chi connectivity index (χ3n) is 5.10. The molecule has 3 rings (SSSR count). The van der Waals surface area contributed by atoms with Crippen molar-refractivity contribution >= 4 is 11.8 Å². The van der Waals surface area contributed by atoms with E-state index >= 15 is 0 Å². The summed E-state index contributed by atoms with van der Waals surface area (Å²) in [6.45, 7) is 0.271. The first kappa shape index (κ1) is 23.7. The van der Waals surface area contributed by atoms with Gasteiger partial charge in [-0.05, 0) is 29.3 Å². The van der Waals surface area contributed by atoms with Gasteiger partial charge in [0.1, 0.15) is 6.61 Å². The lowest BCUT2D eigenvalue weighted by atomic mass is 9.95. The number of carboxylic acid groups (broad SMARTS) is 1. The van der Waals surface area contributed by atoms with Crippen LogP contribution in [0.25, 0.3) is 0 Å². The number of ketones is 1. The van der Waals surface area contributed by atoms with Crippen molar-refractivity contribution in [1.82, 2.24) is 0 Å². The van der Waals surface area contributed by atoms with E-state index in [-0.39, 0.29) is 30.8 Å². The van der Waals surface area contributed by atoms with E-state index in [4.69, 9.17) is 18.9 Å². The van der Waals surface area contributed by atoms with Crippen LogP contribution in [0, 0.1) is 0 Å². The molecule has 0 fully saturated rings. The summed E-state index contributed by atoms with van der Waals surface area (Å²) in [4.78, 5) is 24.8. The van der Waals surface area contributed by atoms with Crippen LogP contribution in [-0.2, 0) is 24.2 Å². The Kier molecular flexibility index (Phi) is 7.91. The van der Waals surface area contributed by atoms with Gasteiger partial charge in [-0.3, -0.25) is 9.59 Å². The van der Waals surface area contributed by atoms with Gasteiger partial charge in [0.15, 0.2) is 28.8 Å². The molecule has 3 aromatic carbocycles. The summed E-state index contributed by atoms with van der Waals surface area (Å²) in [7, 11) is 4.50. The third-order valence-corrected chi connectivity index (χ3v) is 5.10. The van der Waals surface area contributed by atoms with E-state index in [1.165, 1.54) is 21.3 Å². The van der Waals surface area contributed by atoms with Gasteiger partial charge in [-0.1, -0.05) is 42.5 Å². The van der Waals surface area contributed by atoms with Crippen LogP contribution in [0.2, 0.25) is 0 Å². The summed E-state index contributed by atoms with van der Waals surface area (Å²) in [5.41, 5.74) is 2.18. The van der Waals surface area contributed by atoms with E-state index < -0.39 is 5.97 Å². The van der Waals surface area contributed by atoms with Crippen molar-refractivity contribution in [2.75, 3.05) is 21.3 Å². The molecule has 0 bridgehead atoms. The molecular weight excluding hydrogens is 424 g/mol. The Balaban J connectivity index is 1.97. The number of para-hydroxylation sites is 1. The molecule has 0 aliphatic heterocycles. The maximum absolute atomic E-state index is 13.3. The standard InChI is InChI=1S/C26H26O7/c1-30-22-11-7-10-18(26(22)32-3)12-21(27)20-15-24(33-16-17-8-5-4-6-9-17)23(31-2)13-19(20)14-25(28)29/h4-11,13,15H,12,14,16H2,1-3H3,(H,28,29). The molecule has 0 saturated carbocycles. The Morgan fingerprint density at radius 2 is 1.48 bits per heavy atom. The van der Waals surface area contributed by atoms with E-state index in [0.717, 1.165) is 5.56 Å². The number of rotatable bonds is 11. The maximum atomic E-state index is 13.3. The molecule has 0 aliphatic carbocycles. The SMILES string of the molecule is COc1cc(CC(=O)O)c(C(=O)Cc2cccc(OC)c2OC)cc1OCc1ccccc1. The van der Waals surface area contributed by atoms with Gasteiger partial charge < -0.3 is 24.1 Å². The summed E-state index contributed by atoms with van der Waals surface area (Å²) >= 11 is 0. The Labute approximate surface area is 192 Å². The number of aliphatic carboxylic acids is 1. The number of benzene rings is 3. The lowest BCUT2D eigenvalue weighted by molar-refractivity contribution is -0.136. The number of hydrogen-bond acceptors (Lipinski definition) is 6. The molecule has 0 saturated heterocycles.